The van der Waals surface area contributed by atoms with E-state index in [-0.39, 0.29) is 29.5 Å². The van der Waals surface area contributed by atoms with Crippen molar-refractivity contribution in [3.05, 3.63) is 41.5 Å². The number of aliphatic hydroxyl groups is 2. The summed E-state index contributed by atoms with van der Waals surface area (Å²) in [5.41, 5.74) is 2.42. The first-order valence-corrected chi connectivity index (χ1v) is 11.9. The highest BCUT2D eigenvalue weighted by Crippen LogP contribution is 2.60. The van der Waals surface area contributed by atoms with E-state index in [1.807, 2.05) is 12.1 Å². The molecular formula is C27H42O3. The Bertz CT molecular complexity index is 740. The van der Waals surface area contributed by atoms with Crippen molar-refractivity contribution in [2.75, 3.05) is 0 Å². The first-order valence-electron chi connectivity index (χ1n) is 11.9. The fourth-order valence-corrected chi connectivity index (χ4v) is 6.60. The Morgan fingerprint density at radius 1 is 1.17 bits per heavy atom. The summed E-state index contributed by atoms with van der Waals surface area (Å²) < 4.78 is 0. The number of rotatable bonds is 7. The Morgan fingerprint density at radius 3 is 2.60 bits per heavy atom. The number of phenols is 1. The first-order chi connectivity index (χ1) is 14.1. The van der Waals surface area contributed by atoms with Crippen LogP contribution in [-0.4, -0.2) is 27.5 Å². The lowest BCUT2D eigenvalue weighted by Gasteiger charge is -2.48. The van der Waals surface area contributed by atoms with E-state index in [2.05, 4.69) is 46.8 Å². The van der Waals surface area contributed by atoms with E-state index in [9.17, 15) is 15.3 Å². The molecule has 1 aromatic rings. The molecule has 0 aromatic heterocycles. The third-order valence-electron chi connectivity index (χ3n) is 8.20. The van der Waals surface area contributed by atoms with Gasteiger partial charge in [-0.3, -0.25) is 0 Å². The van der Waals surface area contributed by atoms with Crippen molar-refractivity contribution < 1.29 is 15.3 Å². The highest BCUT2D eigenvalue weighted by atomic mass is 16.3. The standard InChI is InChI=1S/C27H42O3/c1-17(2)7-6-8-19(4)26-25(30)16-23-22(24(29)13-14-27(23,26)5)12-10-20-15-21(28)11-9-18(20)3/h6,8-9,11,15,17,19,22-26,28-30H,7,10,12-14,16H2,1-5H3. The average Bonchev–Trinajstić information content (AvgIpc) is 2.94. The number of fused-ring (bicyclic) bond motifs is 1. The second-order valence-corrected chi connectivity index (χ2v) is 10.8. The van der Waals surface area contributed by atoms with E-state index >= 15 is 0 Å². The average molecular weight is 415 g/mol. The van der Waals surface area contributed by atoms with Crippen molar-refractivity contribution in [3.8, 4) is 5.75 Å². The normalized spacial score (nSPS) is 35.1. The number of aliphatic hydroxyl groups excluding tert-OH is 2. The lowest BCUT2D eigenvalue weighted by atomic mass is 9.57. The molecular weight excluding hydrogens is 372 g/mol. The predicted molar refractivity (Wildman–Crippen MR) is 123 cm³/mol. The molecule has 0 spiro atoms. The number of phenolic OH excluding ortho intramolecular Hbond substituents is 1. The number of aromatic hydroxyl groups is 1. The summed E-state index contributed by atoms with van der Waals surface area (Å²) in [7, 11) is 0. The van der Waals surface area contributed by atoms with Crippen molar-refractivity contribution in [3.63, 3.8) is 0 Å². The third-order valence-corrected chi connectivity index (χ3v) is 8.20. The summed E-state index contributed by atoms with van der Waals surface area (Å²) in [6.07, 6.45) is 9.47. The van der Waals surface area contributed by atoms with Crippen LogP contribution < -0.4 is 0 Å². The second-order valence-electron chi connectivity index (χ2n) is 10.8. The molecule has 7 unspecified atom stereocenters. The van der Waals surface area contributed by atoms with Gasteiger partial charge < -0.3 is 15.3 Å². The van der Waals surface area contributed by atoms with Gasteiger partial charge in [-0.25, -0.2) is 0 Å². The number of benzene rings is 1. The minimum absolute atomic E-state index is 0.0682. The van der Waals surface area contributed by atoms with Crippen LogP contribution in [0.4, 0.5) is 0 Å². The van der Waals surface area contributed by atoms with Crippen molar-refractivity contribution in [1.82, 2.24) is 0 Å². The Hall–Kier alpha value is -1.32. The Balaban J connectivity index is 1.76. The van der Waals surface area contributed by atoms with Crippen molar-refractivity contribution >= 4 is 0 Å². The minimum atomic E-state index is -0.297. The van der Waals surface area contributed by atoms with Crippen LogP contribution in [0.5, 0.6) is 5.75 Å². The van der Waals surface area contributed by atoms with Crippen molar-refractivity contribution in [2.24, 2.45) is 35.0 Å². The molecule has 2 fully saturated rings. The molecule has 7 atom stereocenters. The van der Waals surface area contributed by atoms with Crippen LogP contribution in [0.25, 0.3) is 0 Å². The third kappa shape index (κ3) is 4.78. The fourth-order valence-electron chi connectivity index (χ4n) is 6.60. The van der Waals surface area contributed by atoms with E-state index in [1.54, 1.807) is 6.07 Å². The monoisotopic (exact) mass is 414 g/mol. The van der Waals surface area contributed by atoms with Gasteiger partial charge in [-0.2, -0.15) is 0 Å². The van der Waals surface area contributed by atoms with Gasteiger partial charge in [0.15, 0.2) is 0 Å². The molecule has 0 aliphatic heterocycles. The minimum Gasteiger partial charge on any atom is -0.508 e. The van der Waals surface area contributed by atoms with Gasteiger partial charge in [0, 0.05) is 0 Å². The zero-order valence-corrected chi connectivity index (χ0v) is 19.5. The zero-order chi connectivity index (χ0) is 22.1. The molecule has 0 saturated heterocycles. The molecule has 30 heavy (non-hydrogen) atoms. The largest absolute Gasteiger partial charge is 0.508 e. The summed E-state index contributed by atoms with van der Waals surface area (Å²) in [5, 5.41) is 31.9. The highest BCUT2D eigenvalue weighted by molar-refractivity contribution is 5.34. The maximum atomic E-state index is 11.1. The van der Waals surface area contributed by atoms with Gasteiger partial charge in [-0.15, -0.1) is 0 Å². The maximum absolute atomic E-state index is 11.1. The van der Waals surface area contributed by atoms with Crippen LogP contribution in [0.15, 0.2) is 30.4 Å². The fraction of sp³-hybridized carbons (Fsp3) is 0.704. The second kappa shape index (κ2) is 9.44. The molecule has 168 valence electrons. The van der Waals surface area contributed by atoms with Crippen LogP contribution in [-0.2, 0) is 6.42 Å². The SMILES string of the molecule is Cc1ccc(O)cc1CCC1C(O)CCC2(C)C1CC(O)C2C(C)C=CCC(C)C. The molecule has 3 heteroatoms. The Kier molecular flexibility index (Phi) is 7.35. The van der Waals surface area contributed by atoms with Crippen LogP contribution in [0.3, 0.4) is 0 Å². The van der Waals surface area contributed by atoms with Gasteiger partial charge in [0.1, 0.15) is 5.75 Å². The van der Waals surface area contributed by atoms with E-state index < -0.39 is 0 Å². The smallest absolute Gasteiger partial charge is 0.115 e. The summed E-state index contributed by atoms with van der Waals surface area (Å²) in [6, 6.07) is 5.56. The topological polar surface area (TPSA) is 60.7 Å². The molecule has 2 saturated carbocycles. The number of allylic oxidation sites excluding steroid dienone is 2. The quantitative estimate of drug-likeness (QED) is 0.506. The van der Waals surface area contributed by atoms with Gasteiger partial charge >= 0.3 is 0 Å². The summed E-state index contributed by atoms with van der Waals surface area (Å²) in [5.74, 6) is 2.11. The number of aryl methyl sites for hydroxylation is 2. The molecule has 0 amide bonds. The number of hydrogen-bond acceptors (Lipinski definition) is 3. The summed E-state index contributed by atoms with van der Waals surface area (Å²) in [4.78, 5) is 0. The molecule has 3 nitrogen and oxygen atoms in total. The molecule has 2 aliphatic rings. The zero-order valence-electron chi connectivity index (χ0n) is 19.5. The van der Waals surface area contributed by atoms with Crippen molar-refractivity contribution in [1.29, 1.82) is 0 Å². The maximum Gasteiger partial charge on any atom is 0.115 e. The van der Waals surface area contributed by atoms with Crippen molar-refractivity contribution in [2.45, 2.75) is 85.4 Å². The molecule has 0 bridgehead atoms. The van der Waals surface area contributed by atoms with Crippen LogP contribution in [0.1, 0.15) is 70.9 Å². The molecule has 0 radical (unpaired) electrons. The Morgan fingerprint density at radius 2 is 1.90 bits per heavy atom. The lowest BCUT2D eigenvalue weighted by molar-refractivity contribution is -0.0534. The Labute approximate surface area is 183 Å². The van der Waals surface area contributed by atoms with Crippen LogP contribution in [0, 0.1) is 41.9 Å². The van der Waals surface area contributed by atoms with E-state index in [0.717, 1.165) is 44.1 Å². The molecule has 3 rings (SSSR count). The van der Waals surface area contributed by atoms with Gasteiger partial charge in [0.25, 0.3) is 0 Å². The molecule has 2 aliphatic carbocycles. The van der Waals surface area contributed by atoms with E-state index in [4.69, 9.17) is 0 Å². The van der Waals surface area contributed by atoms with Gasteiger partial charge in [-0.1, -0.05) is 45.9 Å². The van der Waals surface area contributed by atoms with Gasteiger partial charge in [0.05, 0.1) is 12.2 Å². The summed E-state index contributed by atoms with van der Waals surface area (Å²) >= 11 is 0. The van der Waals surface area contributed by atoms with Gasteiger partial charge in [-0.05, 0) is 104 Å². The summed E-state index contributed by atoms with van der Waals surface area (Å²) in [6.45, 7) is 11.2. The molecule has 1 aromatic carbocycles. The van der Waals surface area contributed by atoms with Crippen LogP contribution in [0.2, 0.25) is 0 Å². The number of hydrogen-bond donors (Lipinski definition) is 3. The molecule has 0 heterocycles. The van der Waals surface area contributed by atoms with E-state index in [1.165, 1.54) is 5.56 Å². The van der Waals surface area contributed by atoms with E-state index in [0.29, 0.717) is 23.5 Å². The predicted octanol–water partition coefficient (Wildman–Crippen LogP) is 5.65. The lowest BCUT2D eigenvalue weighted by Crippen LogP contribution is -2.45. The van der Waals surface area contributed by atoms with Crippen LogP contribution >= 0.6 is 0 Å². The molecule has 3 N–H and O–H groups in total. The first kappa shape index (κ1) is 23.3. The van der Waals surface area contributed by atoms with Gasteiger partial charge in [0.2, 0.25) is 0 Å². The highest BCUT2D eigenvalue weighted by Gasteiger charge is 2.57.